The second kappa shape index (κ2) is 9.14. The highest BCUT2D eigenvalue weighted by Gasteiger charge is 2.17. The summed E-state index contributed by atoms with van der Waals surface area (Å²) in [5, 5.41) is 11.3. The summed E-state index contributed by atoms with van der Waals surface area (Å²) >= 11 is 0. The zero-order valence-corrected chi connectivity index (χ0v) is 14.1. The van der Waals surface area contributed by atoms with Crippen LogP contribution in [0.25, 0.3) is 0 Å². The number of amides is 1. The van der Waals surface area contributed by atoms with Gasteiger partial charge in [-0.15, -0.1) is 0 Å². The van der Waals surface area contributed by atoms with Gasteiger partial charge in [-0.05, 0) is 30.2 Å². The predicted molar refractivity (Wildman–Crippen MR) is 89.4 cm³/mol. The lowest BCUT2D eigenvalue weighted by Gasteiger charge is -2.21. The molecule has 0 unspecified atom stereocenters. The SMILES string of the molecule is COC(=O)c1ccc(NC(=O)CC(=O)O)c(CN2CCCOCC2)c1. The minimum absolute atomic E-state index is 0.375. The summed E-state index contributed by atoms with van der Waals surface area (Å²) in [5.74, 6) is -2.28. The normalized spacial score (nSPS) is 15.2. The van der Waals surface area contributed by atoms with E-state index in [4.69, 9.17) is 14.6 Å². The third kappa shape index (κ3) is 5.84. The molecule has 0 aliphatic carbocycles. The maximum Gasteiger partial charge on any atom is 0.337 e. The number of hydrogen-bond donors (Lipinski definition) is 2. The molecule has 25 heavy (non-hydrogen) atoms. The molecule has 1 heterocycles. The van der Waals surface area contributed by atoms with Gasteiger partial charge in [-0.2, -0.15) is 0 Å². The van der Waals surface area contributed by atoms with Crippen LogP contribution < -0.4 is 5.32 Å². The molecule has 0 radical (unpaired) electrons. The van der Waals surface area contributed by atoms with Gasteiger partial charge in [0.2, 0.25) is 5.91 Å². The van der Waals surface area contributed by atoms with E-state index in [0.717, 1.165) is 25.1 Å². The molecule has 8 heteroatoms. The lowest BCUT2D eigenvalue weighted by molar-refractivity contribution is -0.139. The van der Waals surface area contributed by atoms with Crippen molar-refractivity contribution in [2.24, 2.45) is 0 Å². The van der Waals surface area contributed by atoms with E-state index in [9.17, 15) is 14.4 Å². The van der Waals surface area contributed by atoms with Gasteiger partial charge in [-0.25, -0.2) is 4.79 Å². The molecule has 2 rings (SSSR count). The third-order valence-electron chi connectivity index (χ3n) is 3.82. The number of carboxylic acids is 1. The number of anilines is 1. The standard InChI is InChI=1S/C17H22N2O6/c1-24-17(23)12-3-4-14(18-15(20)10-16(21)22)13(9-12)11-19-5-2-7-25-8-6-19/h3-4,9H,2,5-8,10-11H2,1H3,(H,18,20)(H,21,22). The molecule has 0 aromatic heterocycles. The molecule has 2 N–H and O–H groups in total. The summed E-state index contributed by atoms with van der Waals surface area (Å²) < 4.78 is 10.2. The Kier molecular flexibility index (Phi) is 6.91. The molecular weight excluding hydrogens is 328 g/mol. The van der Waals surface area contributed by atoms with Crippen LogP contribution in [0.4, 0.5) is 5.69 Å². The Morgan fingerprint density at radius 1 is 1.28 bits per heavy atom. The van der Waals surface area contributed by atoms with Crippen LogP contribution in [-0.4, -0.2) is 61.3 Å². The number of aliphatic carboxylic acids is 1. The molecule has 0 atom stereocenters. The van der Waals surface area contributed by atoms with E-state index >= 15 is 0 Å². The molecule has 1 aliphatic heterocycles. The third-order valence-corrected chi connectivity index (χ3v) is 3.82. The van der Waals surface area contributed by atoms with Crippen molar-refractivity contribution >= 4 is 23.5 Å². The van der Waals surface area contributed by atoms with Gasteiger partial charge in [0.25, 0.3) is 0 Å². The van der Waals surface area contributed by atoms with Gasteiger partial charge in [0.1, 0.15) is 6.42 Å². The fourth-order valence-electron chi connectivity index (χ4n) is 2.62. The number of esters is 1. The quantitative estimate of drug-likeness (QED) is 0.585. The summed E-state index contributed by atoms with van der Waals surface area (Å²) in [6, 6.07) is 4.79. The molecule has 0 spiro atoms. The minimum Gasteiger partial charge on any atom is -0.481 e. The van der Waals surface area contributed by atoms with Crippen LogP contribution in [0.2, 0.25) is 0 Å². The second-order valence-electron chi connectivity index (χ2n) is 5.72. The zero-order valence-electron chi connectivity index (χ0n) is 14.1. The highest BCUT2D eigenvalue weighted by molar-refractivity contribution is 6.02. The van der Waals surface area contributed by atoms with Crippen LogP contribution in [0.5, 0.6) is 0 Å². The predicted octanol–water partition coefficient (Wildman–Crippen LogP) is 1.11. The number of carbonyl (C=O) groups is 3. The van der Waals surface area contributed by atoms with E-state index in [1.54, 1.807) is 12.1 Å². The van der Waals surface area contributed by atoms with Crippen LogP contribution >= 0.6 is 0 Å². The van der Waals surface area contributed by atoms with Crippen molar-refractivity contribution in [1.82, 2.24) is 4.90 Å². The van der Waals surface area contributed by atoms with Crippen LogP contribution in [0, 0.1) is 0 Å². The van der Waals surface area contributed by atoms with E-state index in [2.05, 4.69) is 10.2 Å². The number of carbonyl (C=O) groups excluding carboxylic acids is 2. The second-order valence-corrected chi connectivity index (χ2v) is 5.72. The Morgan fingerprint density at radius 3 is 2.80 bits per heavy atom. The molecule has 1 aliphatic rings. The van der Waals surface area contributed by atoms with Gasteiger partial charge >= 0.3 is 11.9 Å². The first-order valence-electron chi connectivity index (χ1n) is 8.02. The summed E-state index contributed by atoms with van der Waals surface area (Å²) in [6.07, 6.45) is 0.285. The maximum atomic E-state index is 11.8. The lowest BCUT2D eigenvalue weighted by Crippen LogP contribution is -2.27. The molecule has 0 bridgehead atoms. The van der Waals surface area contributed by atoms with Crippen molar-refractivity contribution in [3.63, 3.8) is 0 Å². The number of methoxy groups -OCH3 is 1. The lowest BCUT2D eigenvalue weighted by atomic mass is 10.1. The average molecular weight is 350 g/mol. The van der Waals surface area contributed by atoms with Gasteiger partial charge in [-0.1, -0.05) is 0 Å². The molecule has 136 valence electrons. The zero-order chi connectivity index (χ0) is 18.2. The Labute approximate surface area is 145 Å². The highest BCUT2D eigenvalue weighted by Crippen LogP contribution is 2.21. The molecular formula is C17H22N2O6. The Hall–Kier alpha value is -2.45. The van der Waals surface area contributed by atoms with Crippen LogP contribution in [-0.2, 0) is 25.6 Å². The number of nitrogens with one attached hydrogen (secondary N) is 1. The molecule has 1 aromatic rings. The number of hydrogen-bond acceptors (Lipinski definition) is 6. The number of ether oxygens (including phenoxy) is 2. The topological polar surface area (TPSA) is 105 Å². The summed E-state index contributed by atoms with van der Waals surface area (Å²) in [7, 11) is 1.30. The van der Waals surface area contributed by atoms with Gasteiger partial charge in [0.05, 0.1) is 19.3 Å². The molecule has 1 aromatic carbocycles. The number of carboxylic acid groups (broad SMARTS) is 1. The van der Waals surface area contributed by atoms with E-state index in [-0.39, 0.29) is 0 Å². The summed E-state index contributed by atoms with van der Waals surface area (Å²) in [4.78, 5) is 36.4. The molecule has 8 nitrogen and oxygen atoms in total. The van der Waals surface area contributed by atoms with Crippen molar-refractivity contribution in [3.8, 4) is 0 Å². The first kappa shape index (κ1) is 18.9. The van der Waals surface area contributed by atoms with Crippen molar-refractivity contribution < 1.29 is 29.0 Å². The Balaban J connectivity index is 2.22. The largest absolute Gasteiger partial charge is 0.481 e. The fraction of sp³-hybridized carbons (Fsp3) is 0.471. The van der Waals surface area contributed by atoms with Crippen LogP contribution in [0.1, 0.15) is 28.8 Å². The highest BCUT2D eigenvalue weighted by atomic mass is 16.5. The van der Waals surface area contributed by atoms with Crippen molar-refractivity contribution in [2.75, 3.05) is 38.7 Å². The number of benzene rings is 1. The maximum absolute atomic E-state index is 11.8. The molecule has 1 fully saturated rings. The van der Waals surface area contributed by atoms with Crippen molar-refractivity contribution in [3.05, 3.63) is 29.3 Å². The van der Waals surface area contributed by atoms with E-state index in [1.165, 1.54) is 13.2 Å². The Morgan fingerprint density at radius 2 is 2.08 bits per heavy atom. The smallest absolute Gasteiger partial charge is 0.337 e. The Bertz CT molecular complexity index is 638. The van der Waals surface area contributed by atoms with Gasteiger partial charge < -0.3 is 19.9 Å². The average Bonchev–Trinajstić information content (AvgIpc) is 2.83. The van der Waals surface area contributed by atoms with Crippen molar-refractivity contribution in [2.45, 2.75) is 19.4 Å². The van der Waals surface area contributed by atoms with Gasteiger partial charge in [0, 0.05) is 31.9 Å². The minimum atomic E-state index is -1.20. The fourth-order valence-corrected chi connectivity index (χ4v) is 2.62. The van der Waals surface area contributed by atoms with E-state index in [0.29, 0.717) is 31.0 Å². The van der Waals surface area contributed by atoms with E-state index in [1.807, 2.05) is 0 Å². The molecule has 1 amide bonds. The molecule has 0 saturated carbocycles. The first-order valence-corrected chi connectivity index (χ1v) is 8.02. The number of nitrogens with zero attached hydrogens (tertiary/aromatic N) is 1. The summed E-state index contributed by atoms with van der Waals surface area (Å²) in [5.41, 5.74) is 1.59. The first-order chi connectivity index (χ1) is 12.0. The van der Waals surface area contributed by atoms with Crippen LogP contribution in [0.3, 0.4) is 0 Å². The van der Waals surface area contributed by atoms with Gasteiger partial charge in [0.15, 0.2) is 0 Å². The van der Waals surface area contributed by atoms with Crippen LogP contribution in [0.15, 0.2) is 18.2 Å². The summed E-state index contributed by atoms with van der Waals surface area (Å²) in [6.45, 7) is 3.42. The van der Waals surface area contributed by atoms with Crippen molar-refractivity contribution in [1.29, 1.82) is 0 Å². The van der Waals surface area contributed by atoms with E-state index < -0.39 is 24.3 Å². The number of rotatable bonds is 6. The van der Waals surface area contributed by atoms with Gasteiger partial charge in [-0.3, -0.25) is 14.5 Å². The molecule has 1 saturated heterocycles. The monoisotopic (exact) mass is 350 g/mol.